The van der Waals surface area contributed by atoms with E-state index in [4.69, 9.17) is 10.2 Å². The zero-order valence-corrected chi connectivity index (χ0v) is 11.2. The molecule has 0 saturated carbocycles. The van der Waals surface area contributed by atoms with Gasteiger partial charge in [-0.2, -0.15) is 13.2 Å². The topological polar surface area (TPSA) is 77.8 Å². The van der Waals surface area contributed by atoms with E-state index in [2.05, 4.69) is 0 Å². The van der Waals surface area contributed by atoms with Crippen LogP contribution in [0.3, 0.4) is 0 Å². The van der Waals surface area contributed by atoms with Crippen LogP contribution in [0.1, 0.15) is 0 Å². The normalized spacial score (nSPS) is 12.4. The van der Waals surface area contributed by atoms with Crippen LogP contribution in [0.4, 0.5) is 18.9 Å². The minimum Gasteiger partial charge on any atom is -0.395 e. The summed E-state index contributed by atoms with van der Waals surface area (Å²) >= 11 is 0. The molecule has 0 aliphatic carbocycles. The molecule has 1 aromatic rings. The molecular weight excluding hydrogens is 299 g/mol. The molecule has 2 N–H and O–H groups in total. The van der Waals surface area contributed by atoms with Gasteiger partial charge in [0.05, 0.1) is 23.8 Å². The van der Waals surface area contributed by atoms with E-state index < -0.39 is 20.2 Å². The van der Waals surface area contributed by atoms with E-state index in [9.17, 15) is 21.6 Å². The van der Waals surface area contributed by atoms with Gasteiger partial charge in [0.15, 0.2) is 0 Å². The second-order valence-electron chi connectivity index (χ2n) is 3.85. The van der Waals surface area contributed by atoms with Crippen molar-refractivity contribution in [3.63, 3.8) is 0 Å². The van der Waals surface area contributed by atoms with Crippen molar-refractivity contribution in [1.29, 1.82) is 0 Å². The van der Waals surface area contributed by atoms with Crippen LogP contribution in [0.5, 0.6) is 0 Å². The van der Waals surface area contributed by atoms with Gasteiger partial charge in [-0.3, -0.25) is 0 Å². The van der Waals surface area contributed by atoms with Gasteiger partial charge in [-0.25, -0.2) is 8.42 Å². The van der Waals surface area contributed by atoms with Gasteiger partial charge in [0.1, 0.15) is 0 Å². The maximum absolute atomic E-state index is 12.6. The molecule has 0 fully saturated rings. The molecule has 20 heavy (non-hydrogen) atoms. The molecular formula is C11H14F3NO4S. The van der Waals surface area contributed by atoms with Crippen LogP contribution in [0.15, 0.2) is 29.2 Å². The molecule has 0 aliphatic heterocycles. The van der Waals surface area contributed by atoms with E-state index in [1.165, 1.54) is 23.1 Å². The van der Waals surface area contributed by atoms with Crippen LogP contribution >= 0.6 is 0 Å². The van der Waals surface area contributed by atoms with Crippen molar-refractivity contribution >= 4 is 15.5 Å². The zero-order chi connectivity index (χ0) is 15.4. The van der Waals surface area contributed by atoms with Crippen LogP contribution in [0.25, 0.3) is 0 Å². The number of hydrogen-bond acceptors (Lipinski definition) is 5. The van der Waals surface area contributed by atoms with Gasteiger partial charge in [-0.05, 0) is 12.1 Å². The highest BCUT2D eigenvalue weighted by Gasteiger charge is 2.48. The molecule has 1 rings (SSSR count). The maximum atomic E-state index is 12.6. The largest absolute Gasteiger partial charge is 0.501 e. The van der Waals surface area contributed by atoms with E-state index in [1.807, 2.05) is 0 Å². The van der Waals surface area contributed by atoms with Gasteiger partial charge in [0.2, 0.25) is 0 Å². The quantitative estimate of drug-likeness (QED) is 0.811. The van der Waals surface area contributed by atoms with Gasteiger partial charge in [-0.15, -0.1) is 0 Å². The first-order valence-electron chi connectivity index (χ1n) is 5.62. The summed E-state index contributed by atoms with van der Waals surface area (Å²) in [6, 6.07) is 4.61. The lowest BCUT2D eigenvalue weighted by molar-refractivity contribution is -0.0435. The number of benzene rings is 1. The van der Waals surface area contributed by atoms with Crippen molar-refractivity contribution in [3.8, 4) is 0 Å². The third kappa shape index (κ3) is 3.41. The number of halogens is 3. The molecule has 1 aromatic carbocycles. The number of para-hydroxylation sites is 1. The molecule has 0 saturated heterocycles. The molecule has 0 aromatic heterocycles. The first kappa shape index (κ1) is 16.7. The smallest absolute Gasteiger partial charge is 0.395 e. The van der Waals surface area contributed by atoms with Crippen LogP contribution < -0.4 is 4.90 Å². The summed E-state index contributed by atoms with van der Waals surface area (Å²) in [6.45, 7) is -0.962. The minimum absolute atomic E-state index is 0.0923. The Kier molecular flexibility index (Phi) is 5.37. The van der Waals surface area contributed by atoms with E-state index in [1.54, 1.807) is 0 Å². The van der Waals surface area contributed by atoms with Crippen LogP contribution in [-0.4, -0.2) is 50.4 Å². The number of aliphatic hydroxyl groups excluding tert-OH is 2. The van der Waals surface area contributed by atoms with Crippen molar-refractivity contribution in [2.45, 2.75) is 10.4 Å². The Balaban J connectivity index is 3.37. The number of alkyl halides is 3. The van der Waals surface area contributed by atoms with Crippen molar-refractivity contribution < 1.29 is 31.8 Å². The van der Waals surface area contributed by atoms with Crippen molar-refractivity contribution in [1.82, 2.24) is 0 Å². The monoisotopic (exact) mass is 313 g/mol. The summed E-state index contributed by atoms with van der Waals surface area (Å²) in [5.41, 5.74) is -5.61. The van der Waals surface area contributed by atoms with E-state index in [0.29, 0.717) is 0 Å². The molecule has 0 atom stereocenters. The highest BCUT2D eigenvalue weighted by atomic mass is 32.2. The second-order valence-corrected chi connectivity index (χ2v) is 5.76. The number of hydrogen-bond donors (Lipinski definition) is 2. The van der Waals surface area contributed by atoms with E-state index in [-0.39, 0.29) is 32.0 Å². The van der Waals surface area contributed by atoms with Crippen molar-refractivity contribution in [2.75, 3.05) is 31.2 Å². The van der Waals surface area contributed by atoms with Gasteiger partial charge >= 0.3 is 5.51 Å². The average molecular weight is 313 g/mol. The number of anilines is 1. The molecule has 0 bridgehead atoms. The molecule has 5 nitrogen and oxygen atoms in total. The Morgan fingerprint density at radius 2 is 1.55 bits per heavy atom. The first-order valence-corrected chi connectivity index (χ1v) is 7.11. The highest BCUT2D eigenvalue weighted by molar-refractivity contribution is 7.92. The summed E-state index contributed by atoms with van der Waals surface area (Å²) in [5, 5.41) is 17.8. The van der Waals surface area contributed by atoms with Crippen molar-refractivity contribution in [3.05, 3.63) is 24.3 Å². The van der Waals surface area contributed by atoms with E-state index in [0.717, 1.165) is 6.07 Å². The molecule has 114 valence electrons. The summed E-state index contributed by atoms with van der Waals surface area (Å²) in [4.78, 5) is 0.285. The van der Waals surface area contributed by atoms with Crippen LogP contribution in [0, 0.1) is 0 Å². The minimum atomic E-state index is -5.49. The van der Waals surface area contributed by atoms with Crippen LogP contribution in [0.2, 0.25) is 0 Å². The predicted molar refractivity (Wildman–Crippen MR) is 66.1 cm³/mol. The summed E-state index contributed by atoms with van der Waals surface area (Å²) in [7, 11) is -5.49. The van der Waals surface area contributed by atoms with Gasteiger partial charge < -0.3 is 15.1 Å². The first-order chi connectivity index (χ1) is 9.25. The fourth-order valence-electron chi connectivity index (χ4n) is 1.66. The molecule has 0 amide bonds. The molecule has 0 radical (unpaired) electrons. The van der Waals surface area contributed by atoms with Gasteiger partial charge in [0.25, 0.3) is 9.84 Å². The Morgan fingerprint density at radius 1 is 1.05 bits per heavy atom. The number of aliphatic hydroxyl groups is 2. The third-order valence-corrected chi connectivity index (χ3v) is 4.07. The number of nitrogens with zero attached hydrogens (tertiary/aromatic N) is 1. The highest BCUT2D eigenvalue weighted by Crippen LogP contribution is 2.35. The Morgan fingerprint density at radius 3 is 2.00 bits per heavy atom. The molecule has 0 aliphatic rings. The maximum Gasteiger partial charge on any atom is 0.501 e. The molecule has 0 heterocycles. The number of rotatable bonds is 6. The Bertz CT molecular complexity index is 539. The fourth-order valence-corrected chi connectivity index (χ4v) is 2.64. The summed E-state index contributed by atoms with van der Waals surface area (Å²) < 4.78 is 60.9. The predicted octanol–water partition coefficient (Wildman–Crippen LogP) is 0.771. The van der Waals surface area contributed by atoms with Gasteiger partial charge in [0, 0.05) is 13.1 Å². The second kappa shape index (κ2) is 6.42. The van der Waals surface area contributed by atoms with E-state index >= 15 is 0 Å². The lowest BCUT2D eigenvalue weighted by atomic mass is 10.3. The number of sulfone groups is 1. The Labute approximate surface area is 114 Å². The summed E-state index contributed by atoms with van der Waals surface area (Å²) in [6.07, 6.45) is 0. The molecule has 9 heteroatoms. The fraction of sp³-hybridized carbons (Fsp3) is 0.455. The summed E-state index contributed by atoms with van der Waals surface area (Å²) in [5.74, 6) is 0. The van der Waals surface area contributed by atoms with Crippen molar-refractivity contribution in [2.24, 2.45) is 0 Å². The van der Waals surface area contributed by atoms with Crippen LogP contribution in [-0.2, 0) is 9.84 Å². The lowest BCUT2D eigenvalue weighted by Crippen LogP contribution is -2.32. The SMILES string of the molecule is O=S(=O)(c1ccccc1N(CCO)CCO)C(F)(F)F. The average Bonchev–Trinajstić information content (AvgIpc) is 2.37. The molecule has 0 spiro atoms. The Hall–Kier alpha value is -1.32. The zero-order valence-electron chi connectivity index (χ0n) is 10.3. The third-order valence-electron chi connectivity index (χ3n) is 2.54. The molecule has 0 unspecified atom stereocenters. The lowest BCUT2D eigenvalue weighted by Gasteiger charge is -2.25. The standard InChI is InChI=1S/C11H14F3NO4S/c12-11(13,14)20(18,19)10-4-2-1-3-9(10)15(5-7-16)6-8-17/h1-4,16-17H,5-8H2. The van der Waals surface area contributed by atoms with Gasteiger partial charge in [-0.1, -0.05) is 12.1 Å².